The summed E-state index contributed by atoms with van der Waals surface area (Å²) in [6.45, 7) is 2.89. The van der Waals surface area contributed by atoms with Gasteiger partial charge in [0, 0.05) is 35.2 Å². The number of aromatic nitrogens is 1. The zero-order chi connectivity index (χ0) is 13.1. The summed E-state index contributed by atoms with van der Waals surface area (Å²) in [6.07, 6.45) is 0.911. The van der Waals surface area contributed by atoms with Crippen LogP contribution >= 0.6 is 23.8 Å². The van der Waals surface area contributed by atoms with Crippen LogP contribution in [-0.4, -0.2) is 23.7 Å². The molecule has 96 valence electrons. The normalized spacial score (nSPS) is 10.6. The van der Waals surface area contributed by atoms with E-state index in [4.69, 9.17) is 23.8 Å². The molecular formula is C13H16ClN3S. The first kappa shape index (κ1) is 13.2. The summed E-state index contributed by atoms with van der Waals surface area (Å²) in [5.74, 6) is 0. The van der Waals surface area contributed by atoms with Crippen LogP contribution in [0.2, 0.25) is 5.02 Å². The van der Waals surface area contributed by atoms with Gasteiger partial charge in [-0.25, -0.2) is 0 Å². The summed E-state index contributed by atoms with van der Waals surface area (Å²) in [5, 5.41) is 8.68. The Bertz CT molecular complexity index is 577. The highest BCUT2D eigenvalue weighted by Crippen LogP contribution is 2.25. The van der Waals surface area contributed by atoms with Crippen LogP contribution in [0.3, 0.4) is 0 Å². The lowest BCUT2D eigenvalue weighted by molar-refractivity contribution is 0.850. The highest BCUT2D eigenvalue weighted by atomic mass is 35.5. The largest absolute Gasteiger partial charge is 0.366 e. The van der Waals surface area contributed by atoms with Crippen LogP contribution in [0, 0.1) is 6.92 Å². The molecule has 0 atom stereocenters. The van der Waals surface area contributed by atoms with Gasteiger partial charge in [-0.1, -0.05) is 11.6 Å². The van der Waals surface area contributed by atoms with Gasteiger partial charge in [-0.15, -0.1) is 0 Å². The summed E-state index contributed by atoms with van der Waals surface area (Å²) in [5.41, 5.74) is 3.60. The molecule has 1 heterocycles. The van der Waals surface area contributed by atoms with Crippen molar-refractivity contribution in [3.05, 3.63) is 34.5 Å². The maximum atomic E-state index is 6.05. The Labute approximate surface area is 117 Å². The van der Waals surface area contributed by atoms with E-state index < -0.39 is 0 Å². The molecule has 5 heteroatoms. The van der Waals surface area contributed by atoms with Gasteiger partial charge in [0.25, 0.3) is 0 Å². The summed E-state index contributed by atoms with van der Waals surface area (Å²) in [4.78, 5) is 3.37. The molecule has 0 bridgehead atoms. The second-order valence-electron chi connectivity index (χ2n) is 4.17. The predicted molar refractivity (Wildman–Crippen MR) is 81.4 cm³/mol. The third-order valence-corrected chi connectivity index (χ3v) is 3.55. The fraction of sp³-hybridized carbons (Fsp3) is 0.308. The van der Waals surface area contributed by atoms with Gasteiger partial charge in [-0.3, -0.25) is 0 Å². The van der Waals surface area contributed by atoms with Crippen LogP contribution in [0.15, 0.2) is 18.2 Å². The lowest BCUT2D eigenvalue weighted by Gasteiger charge is -2.07. The Morgan fingerprint density at radius 2 is 2.22 bits per heavy atom. The SMILES string of the molecule is CNC(=S)NCCc1c(C)[nH]c2ccc(Cl)cc12. The molecule has 0 radical (unpaired) electrons. The van der Waals surface area contributed by atoms with E-state index in [-0.39, 0.29) is 0 Å². The van der Waals surface area contributed by atoms with Gasteiger partial charge in [-0.05, 0) is 49.3 Å². The molecule has 0 unspecified atom stereocenters. The highest BCUT2D eigenvalue weighted by Gasteiger charge is 2.08. The first-order chi connectivity index (χ1) is 8.61. The van der Waals surface area contributed by atoms with Gasteiger partial charge in [-0.2, -0.15) is 0 Å². The number of nitrogens with one attached hydrogen (secondary N) is 3. The molecule has 3 nitrogen and oxygen atoms in total. The molecule has 2 rings (SSSR count). The van der Waals surface area contributed by atoms with E-state index in [1.54, 1.807) is 0 Å². The van der Waals surface area contributed by atoms with Gasteiger partial charge >= 0.3 is 0 Å². The molecular weight excluding hydrogens is 266 g/mol. The molecule has 0 aliphatic heterocycles. The van der Waals surface area contributed by atoms with Crippen molar-refractivity contribution < 1.29 is 0 Å². The van der Waals surface area contributed by atoms with Crippen LogP contribution in [0.25, 0.3) is 10.9 Å². The number of hydrogen-bond acceptors (Lipinski definition) is 1. The number of fused-ring (bicyclic) bond motifs is 1. The minimum absolute atomic E-state index is 0.672. The van der Waals surface area contributed by atoms with E-state index >= 15 is 0 Å². The van der Waals surface area contributed by atoms with Crippen LogP contribution in [0.4, 0.5) is 0 Å². The minimum Gasteiger partial charge on any atom is -0.366 e. The number of aryl methyl sites for hydroxylation is 1. The Morgan fingerprint density at radius 3 is 2.94 bits per heavy atom. The fourth-order valence-corrected chi connectivity index (χ4v) is 2.34. The van der Waals surface area contributed by atoms with Crippen molar-refractivity contribution in [1.82, 2.24) is 15.6 Å². The van der Waals surface area contributed by atoms with Crippen molar-refractivity contribution in [2.75, 3.05) is 13.6 Å². The molecule has 0 fully saturated rings. The average molecular weight is 282 g/mol. The van der Waals surface area contributed by atoms with Gasteiger partial charge in [0.05, 0.1) is 0 Å². The highest BCUT2D eigenvalue weighted by molar-refractivity contribution is 7.80. The zero-order valence-electron chi connectivity index (χ0n) is 10.4. The molecule has 0 saturated carbocycles. The van der Waals surface area contributed by atoms with Crippen LogP contribution in [-0.2, 0) is 6.42 Å². The third-order valence-electron chi connectivity index (χ3n) is 2.97. The van der Waals surface area contributed by atoms with Gasteiger partial charge < -0.3 is 15.6 Å². The molecule has 0 spiro atoms. The number of hydrogen-bond donors (Lipinski definition) is 3. The van der Waals surface area contributed by atoms with Crippen LogP contribution in [0.1, 0.15) is 11.3 Å². The molecule has 3 N–H and O–H groups in total. The zero-order valence-corrected chi connectivity index (χ0v) is 12.0. The number of aromatic amines is 1. The van der Waals surface area contributed by atoms with Gasteiger partial charge in [0.1, 0.15) is 0 Å². The van der Waals surface area contributed by atoms with E-state index in [2.05, 4.69) is 22.5 Å². The summed E-state index contributed by atoms with van der Waals surface area (Å²) in [7, 11) is 1.81. The lowest BCUT2D eigenvalue weighted by atomic mass is 10.1. The summed E-state index contributed by atoms with van der Waals surface area (Å²) in [6, 6.07) is 5.92. The average Bonchev–Trinajstić information content (AvgIpc) is 2.65. The van der Waals surface area contributed by atoms with Crippen LogP contribution < -0.4 is 10.6 Å². The quantitative estimate of drug-likeness (QED) is 0.758. The van der Waals surface area contributed by atoms with E-state index in [1.807, 2.05) is 25.2 Å². The number of thiocarbonyl (C=S) groups is 1. The maximum absolute atomic E-state index is 6.05. The van der Waals surface area contributed by atoms with Gasteiger partial charge in [0.15, 0.2) is 5.11 Å². The topological polar surface area (TPSA) is 39.8 Å². The third kappa shape index (κ3) is 2.76. The second kappa shape index (κ2) is 5.59. The second-order valence-corrected chi connectivity index (χ2v) is 5.02. The van der Waals surface area contributed by atoms with Crippen molar-refractivity contribution in [3.63, 3.8) is 0 Å². The summed E-state index contributed by atoms with van der Waals surface area (Å²) >= 11 is 11.1. The lowest BCUT2D eigenvalue weighted by Crippen LogP contribution is -2.33. The van der Waals surface area contributed by atoms with Crippen molar-refractivity contribution in [2.45, 2.75) is 13.3 Å². The fourth-order valence-electron chi connectivity index (χ4n) is 2.07. The Morgan fingerprint density at radius 1 is 1.44 bits per heavy atom. The number of H-pyrrole nitrogens is 1. The molecule has 0 aliphatic rings. The van der Waals surface area contributed by atoms with Crippen molar-refractivity contribution in [1.29, 1.82) is 0 Å². The first-order valence-electron chi connectivity index (χ1n) is 5.84. The van der Waals surface area contributed by atoms with E-state index in [1.165, 1.54) is 16.6 Å². The standard InChI is InChI=1S/C13H16ClN3S/c1-8-10(5-6-16-13(18)15-2)11-7-9(14)3-4-12(11)17-8/h3-4,7,17H,5-6H2,1-2H3,(H2,15,16,18). The predicted octanol–water partition coefficient (Wildman–Crippen LogP) is 2.77. The van der Waals surface area contributed by atoms with Crippen LogP contribution in [0.5, 0.6) is 0 Å². The Kier molecular flexibility index (Phi) is 4.09. The molecule has 0 amide bonds. The van der Waals surface area contributed by atoms with Gasteiger partial charge in [0.2, 0.25) is 0 Å². The molecule has 18 heavy (non-hydrogen) atoms. The minimum atomic E-state index is 0.672. The number of rotatable bonds is 3. The van der Waals surface area contributed by atoms with Crippen molar-refractivity contribution in [3.8, 4) is 0 Å². The molecule has 1 aromatic carbocycles. The van der Waals surface area contributed by atoms with E-state index in [9.17, 15) is 0 Å². The van der Waals surface area contributed by atoms with E-state index in [0.717, 1.165) is 23.5 Å². The molecule has 2 aromatic rings. The molecule has 0 saturated heterocycles. The smallest absolute Gasteiger partial charge is 0.166 e. The number of halogens is 1. The Balaban J connectivity index is 2.19. The number of benzene rings is 1. The monoisotopic (exact) mass is 281 g/mol. The van der Waals surface area contributed by atoms with Crippen molar-refractivity contribution >= 4 is 39.8 Å². The summed E-state index contributed by atoms with van der Waals surface area (Å²) < 4.78 is 0. The maximum Gasteiger partial charge on any atom is 0.166 e. The molecule has 0 aliphatic carbocycles. The van der Waals surface area contributed by atoms with E-state index in [0.29, 0.717) is 5.11 Å². The molecule has 1 aromatic heterocycles. The first-order valence-corrected chi connectivity index (χ1v) is 6.62. The van der Waals surface area contributed by atoms with Crippen molar-refractivity contribution in [2.24, 2.45) is 0 Å². The Hall–Kier alpha value is -1.26.